The van der Waals surface area contributed by atoms with Crippen molar-refractivity contribution < 1.29 is 0 Å². The summed E-state index contributed by atoms with van der Waals surface area (Å²) in [5, 5.41) is 6.05. The third kappa shape index (κ3) is 2.39. The van der Waals surface area contributed by atoms with Crippen LogP contribution in [0.2, 0.25) is 5.02 Å². The van der Waals surface area contributed by atoms with E-state index in [0.717, 1.165) is 32.2 Å². The third-order valence-electron chi connectivity index (χ3n) is 3.52. The largest absolute Gasteiger partial charge is 0.263 e. The maximum Gasteiger partial charge on any atom is 0.126 e. The number of hydrogen-bond acceptors (Lipinski definition) is 3. The van der Waals surface area contributed by atoms with E-state index >= 15 is 0 Å². The van der Waals surface area contributed by atoms with Crippen molar-refractivity contribution in [3.8, 4) is 21.8 Å². The molecule has 106 valence electrons. The van der Waals surface area contributed by atoms with Crippen LogP contribution in [0.15, 0.2) is 66.3 Å². The molecule has 4 rings (SSSR count). The highest BCUT2D eigenvalue weighted by Gasteiger charge is 2.10. The van der Waals surface area contributed by atoms with Crippen LogP contribution in [0, 0.1) is 0 Å². The fourth-order valence-corrected chi connectivity index (χ4v) is 3.51. The summed E-state index contributed by atoms with van der Waals surface area (Å²) in [6.07, 6.45) is 3.76. The van der Waals surface area contributed by atoms with Gasteiger partial charge in [-0.25, -0.2) is 4.98 Å². The monoisotopic (exact) mass is 322 g/mol. The molecule has 4 aromatic rings. The van der Waals surface area contributed by atoms with Gasteiger partial charge in [-0.15, -0.1) is 11.3 Å². The maximum atomic E-state index is 6.06. The first-order chi connectivity index (χ1) is 10.8. The van der Waals surface area contributed by atoms with Crippen LogP contribution in [0.3, 0.4) is 0 Å². The number of thiazole rings is 1. The van der Waals surface area contributed by atoms with Gasteiger partial charge < -0.3 is 0 Å². The van der Waals surface area contributed by atoms with Crippen molar-refractivity contribution in [3.05, 3.63) is 71.3 Å². The molecule has 2 heterocycles. The zero-order valence-corrected chi connectivity index (χ0v) is 13.1. The Hall–Kier alpha value is -2.23. The summed E-state index contributed by atoms with van der Waals surface area (Å²) in [6, 6.07) is 16.0. The van der Waals surface area contributed by atoms with Gasteiger partial charge in [0.25, 0.3) is 0 Å². The molecule has 2 aromatic heterocycles. The second kappa shape index (κ2) is 5.52. The van der Waals surface area contributed by atoms with Crippen molar-refractivity contribution in [1.29, 1.82) is 0 Å². The highest BCUT2D eigenvalue weighted by atomic mass is 35.5. The van der Waals surface area contributed by atoms with Gasteiger partial charge in [0.05, 0.1) is 5.69 Å². The first-order valence-corrected chi connectivity index (χ1v) is 8.11. The van der Waals surface area contributed by atoms with Crippen LogP contribution >= 0.6 is 22.9 Å². The Bertz CT molecular complexity index is 957. The molecule has 0 aliphatic heterocycles. The smallest absolute Gasteiger partial charge is 0.126 e. The molecule has 0 aliphatic rings. The van der Waals surface area contributed by atoms with E-state index in [2.05, 4.69) is 22.5 Å². The van der Waals surface area contributed by atoms with Crippen molar-refractivity contribution in [2.24, 2.45) is 0 Å². The van der Waals surface area contributed by atoms with Crippen LogP contribution in [0.4, 0.5) is 0 Å². The Morgan fingerprint density at radius 1 is 0.955 bits per heavy atom. The molecule has 0 spiro atoms. The highest BCUT2D eigenvalue weighted by molar-refractivity contribution is 7.13. The SMILES string of the molecule is Clc1cccc(-c2csc(-c3cncc4ccccc34)n2)c1. The molecule has 22 heavy (non-hydrogen) atoms. The van der Waals surface area contributed by atoms with E-state index < -0.39 is 0 Å². The summed E-state index contributed by atoms with van der Waals surface area (Å²) in [6.45, 7) is 0. The predicted molar refractivity (Wildman–Crippen MR) is 93.3 cm³/mol. The fourth-order valence-electron chi connectivity index (χ4n) is 2.46. The molecule has 0 amide bonds. The number of pyridine rings is 1. The van der Waals surface area contributed by atoms with E-state index in [9.17, 15) is 0 Å². The first kappa shape index (κ1) is 13.4. The van der Waals surface area contributed by atoms with Crippen LogP contribution in [0.1, 0.15) is 0 Å². The second-order valence-corrected chi connectivity index (χ2v) is 6.25. The third-order valence-corrected chi connectivity index (χ3v) is 4.63. The second-order valence-electron chi connectivity index (χ2n) is 4.96. The van der Waals surface area contributed by atoms with E-state index in [1.165, 1.54) is 5.39 Å². The van der Waals surface area contributed by atoms with Crippen molar-refractivity contribution >= 4 is 33.7 Å². The quantitative estimate of drug-likeness (QED) is 0.474. The van der Waals surface area contributed by atoms with Crippen LogP contribution < -0.4 is 0 Å². The first-order valence-electron chi connectivity index (χ1n) is 6.86. The van der Waals surface area contributed by atoms with Crippen molar-refractivity contribution in [2.75, 3.05) is 0 Å². The summed E-state index contributed by atoms with van der Waals surface area (Å²) in [5.41, 5.74) is 3.04. The number of aromatic nitrogens is 2. The van der Waals surface area contributed by atoms with Crippen LogP contribution in [-0.4, -0.2) is 9.97 Å². The Morgan fingerprint density at radius 3 is 2.77 bits per heavy atom. The normalized spacial score (nSPS) is 11.0. The number of hydrogen-bond donors (Lipinski definition) is 0. The van der Waals surface area contributed by atoms with Crippen LogP contribution in [0.25, 0.3) is 32.6 Å². The molecule has 0 N–H and O–H groups in total. The molecule has 0 bridgehead atoms. The van der Waals surface area contributed by atoms with Gasteiger partial charge in [-0.3, -0.25) is 4.98 Å². The Balaban J connectivity index is 1.84. The van der Waals surface area contributed by atoms with Gasteiger partial charge in [-0.1, -0.05) is 48.0 Å². The molecular weight excluding hydrogens is 312 g/mol. The zero-order valence-electron chi connectivity index (χ0n) is 11.5. The van der Waals surface area contributed by atoms with Gasteiger partial charge in [0.2, 0.25) is 0 Å². The minimum absolute atomic E-state index is 0.721. The highest BCUT2D eigenvalue weighted by Crippen LogP contribution is 2.33. The summed E-state index contributed by atoms with van der Waals surface area (Å²) in [7, 11) is 0. The molecule has 0 atom stereocenters. The maximum absolute atomic E-state index is 6.06. The molecule has 0 saturated heterocycles. The summed E-state index contributed by atoms with van der Waals surface area (Å²) in [4.78, 5) is 9.09. The predicted octanol–water partition coefficient (Wildman–Crippen LogP) is 5.68. The average Bonchev–Trinajstić information content (AvgIpc) is 3.04. The summed E-state index contributed by atoms with van der Waals surface area (Å²) < 4.78 is 0. The van der Waals surface area contributed by atoms with E-state index in [1.807, 2.05) is 48.8 Å². The lowest BCUT2D eigenvalue weighted by atomic mass is 10.1. The Morgan fingerprint density at radius 2 is 1.86 bits per heavy atom. The number of nitrogens with zero attached hydrogens (tertiary/aromatic N) is 2. The van der Waals surface area contributed by atoms with Crippen molar-refractivity contribution in [3.63, 3.8) is 0 Å². The van der Waals surface area contributed by atoms with E-state index in [4.69, 9.17) is 16.6 Å². The van der Waals surface area contributed by atoms with Gasteiger partial charge in [0.1, 0.15) is 5.01 Å². The lowest BCUT2D eigenvalue weighted by molar-refractivity contribution is 1.34. The van der Waals surface area contributed by atoms with Crippen LogP contribution in [-0.2, 0) is 0 Å². The standard InChI is InChI=1S/C18H11ClN2S/c19-14-6-3-5-12(8-14)17-11-22-18(21-17)16-10-20-9-13-4-1-2-7-15(13)16/h1-11H. The van der Waals surface area contributed by atoms with Gasteiger partial charge in [0, 0.05) is 39.3 Å². The molecule has 0 radical (unpaired) electrons. The van der Waals surface area contributed by atoms with E-state index in [-0.39, 0.29) is 0 Å². The molecular formula is C18H11ClN2S. The minimum atomic E-state index is 0.721. The Labute approximate surface area is 137 Å². The molecule has 2 nitrogen and oxygen atoms in total. The topological polar surface area (TPSA) is 25.8 Å². The summed E-state index contributed by atoms with van der Waals surface area (Å²) >= 11 is 7.69. The van der Waals surface area contributed by atoms with Crippen LogP contribution in [0.5, 0.6) is 0 Å². The summed E-state index contributed by atoms with van der Waals surface area (Å²) in [5.74, 6) is 0. The molecule has 0 unspecified atom stereocenters. The number of rotatable bonds is 2. The number of fused-ring (bicyclic) bond motifs is 1. The molecule has 4 heteroatoms. The van der Waals surface area contributed by atoms with Gasteiger partial charge in [-0.05, 0) is 17.5 Å². The van der Waals surface area contributed by atoms with Crippen molar-refractivity contribution in [2.45, 2.75) is 0 Å². The molecule has 0 aliphatic carbocycles. The molecule has 2 aromatic carbocycles. The van der Waals surface area contributed by atoms with Crippen molar-refractivity contribution in [1.82, 2.24) is 9.97 Å². The molecule has 0 saturated carbocycles. The Kier molecular flexibility index (Phi) is 3.37. The zero-order chi connectivity index (χ0) is 14.9. The lowest BCUT2D eigenvalue weighted by Crippen LogP contribution is -1.84. The fraction of sp³-hybridized carbons (Fsp3) is 0. The van der Waals surface area contributed by atoms with Gasteiger partial charge in [0.15, 0.2) is 0 Å². The van der Waals surface area contributed by atoms with Gasteiger partial charge in [-0.2, -0.15) is 0 Å². The minimum Gasteiger partial charge on any atom is -0.263 e. The number of halogens is 1. The number of benzene rings is 2. The van der Waals surface area contributed by atoms with Gasteiger partial charge >= 0.3 is 0 Å². The molecule has 0 fully saturated rings. The average molecular weight is 323 g/mol. The van der Waals surface area contributed by atoms with E-state index in [0.29, 0.717) is 0 Å². The van der Waals surface area contributed by atoms with E-state index in [1.54, 1.807) is 11.3 Å². The lowest BCUT2D eigenvalue weighted by Gasteiger charge is -2.02.